The van der Waals surface area contributed by atoms with Crippen LogP contribution in [0.1, 0.15) is 41.4 Å². The van der Waals surface area contributed by atoms with Gasteiger partial charge in [-0.2, -0.15) is 0 Å². The molecule has 0 saturated heterocycles. The van der Waals surface area contributed by atoms with Crippen molar-refractivity contribution in [3.05, 3.63) is 68.8 Å². The molecule has 0 atom stereocenters. The summed E-state index contributed by atoms with van der Waals surface area (Å²) in [6, 6.07) is 7.01. The van der Waals surface area contributed by atoms with Gasteiger partial charge in [-0.25, -0.2) is 0 Å². The number of amides is 3. The number of hydrogen-bond acceptors (Lipinski definition) is 7. The van der Waals surface area contributed by atoms with Crippen molar-refractivity contribution in [1.82, 2.24) is 4.90 Å². The number of carboxylic acid groups (broad SMARTS) is 1. The van der Waals surface area contributed by atoms with Crippen LogP contribution >= 0.6 is 0 Å². The van der Waals surface area contributed by atoms with Crippen LogP contribution in [-0.2, 0) is 0 Å². The van der Waals surface area contributed by atoms with Crippen molar-refractivity contribution in [3.8, 4) is 0 Å². The van der Waals surface area contributed by atoms with E-state index in [1.807, 2.05) is 0 Å². The Morgan fingerprint density at radius 2 is 1.74 bits per heavy atom. The Bertz CT molecular complexity index is 1010. The highest BCUT2D eigenvalue weighted by Crippen LogP contribution is 2.27. The molecule has 0 bridgehead atoms. The monoisotopic (exact) mass is 368 g/mol. The molecule has 10 nitrogen and oxygen atoms in total. The number of hydrogen-bond donors (Lipinski definition) is 1. The summed E-state index contributed by atoms with van der Waals surface area (Å²) in [6.45, 7) is 0. The lowest BCUT2D eigenvalue weighted by atomic mass is 10.0. The molecule has 27 heavy (non-hydrogen) atoms. The minimum absolute atomic E-state index is 0.0583. The molecule has 0 unspecified atom stereocenters. The molecule has 1 aliphatic rings. The second-order valence-corrected chi connectivity index (χ2v) is 5.63. The molecule has 2 aromatic rings. The van der Waals surface area contributed by atoms with Crippen molar-refractivity contribution in [2.45, 2.75) is 0 Å². The first-order valence-electron chi connectivity index (χ1n) is 7.49. The number of nitrogens with zero attached hydrogens (tertiary/aromatic N) is 2. The summed E-state index contributed by atoms with van der Waals surface area (Å²) in [5.41, 5.74) is -1.75. The van der Waals surface area contributed by atoms with Gasteiger partial charge in [-0.15, -0.1) is 0 Å². The van der Waals surface area contributed by atoms with Crippen LogP contribution in [0.5, 0.6) is 0 Å². The molecular formula is C17H10N3O7-. The van der Waals surface area contributed by atoms with E-state index in [0.29, 0.717) is 0 Å². The van der Waals surface area contributed by atoms with Gasteiger partial charge in [0.25, 0.3) is 23.4 Å². The molecule has 2 aromatic carbocycles. The number of benzene rings is 2. The van der Waals surface area contributed by atoms with E-state index in [4.69, 9.17) is 0 Å². The molecule has 1 N–H and O–H groups in total. The molecule has 0 saturated carbocycles. The lowest BCUT2D eigenvalue weighted by Gasteiger charge is -2.11. The average molecular weight is 368 g/mol. The molecule has 0 spiro atoms. The number of fused-ring (bicyclic) bond motifs is 1. The normalized spacial score (nSPS) is 12.7. The van der Waals surface area contributed by atoms with Gasteiger partial charge >= 0.3 is 0 Å². The van der Waals surface area contributed by atoms with Crippen LogP contribution in [0.3, 0.4) is 0 Å². The van der Waals surface area contributed by atoms with E-state index in [9.17, 15) is 34.4 Å². The van der Waals surface area contributed by atoms with Crippen molar-refractivity contribution in [2.24, 2.45) is 0 Å². The Morgan fingerprint density at radius 1 is 1.07 bits per heavy atom. The maximum Gasteiger partial charge on any atom is 0.282 e. The zero-order valence-corrected chi connectivity index (χ0v) is 13.7. The topological polar surface area (TPSA) is 150 Å². The van der Waals surface area contributed by atoms with Crippen molar-refractivity contribution in [1.29, 1.82) is 0 Å². The second-order valence-electron chi connectivity index (χ2n) is 5.63. The van der Waals surface area contributed by atoms with Crippen LogP contribution < -0.4 is 10.4 Å². The number of rotatable bonds is 4. The number of anilines is 1. The summed E-state index contributed by atoms with van der Waals surface area (Å²) in [7, 11) is 1.31. The minimum atomic E-state index is -1.75. The highest BCUT2D eigenvalue weighted by atomic mass is 16.6. The SMILES string of the molecule is CN1C(=O)c2ccc(NC(=O)c3c(C(=O)[O-])cccc3[N+](=O)[O-])cc2C1=O. The van der Waals surface area contributed by atoms with Crippen LogP contribution in [0, 0.1) is 10.1 Å². The van der Waals surface area contributed by atoms with Gasteiger partial charge in [0.05, 0.1) is 22.0 Å². The Hall–Kier alpha value is -4.08. The van der Waals surface area contributed by atoms with E-state index >= 15 is 0 Å². The van der Waals surface area contributed by atoms with Gasteiger partial charge in [-0.3, -0.25) is 29.4 Å². The fourth-order valence-corrected chi connectivity index (χ4v) is 2.73. The number of carboxylic acids is 1. The number of aromatic carboxylic acids is 1. The van der Waals surface area contributed by atoms with Crippen LogP contribution in [0.25, 0.3) is 0 Å². The number of nitro groups is 1. The van der Waals surface area contributed by atoms with E-state index in [2.05, 4.69) is 5.32 Å². The maximum absolute atomic E-state index is 12.5. The molecule has 1 aliphatic heterocycles. The van der Waals surface area contributed by atoms with Gasteiger partial charge in [-0.05, 0) is 18.2 Å². The molecule has 10 heteroatoms. The number of nitrogens with one attached hydrogen (secondary N) is 1. The summed E-state index contributed by atoms with van der Waals surface area (Å²) in [4.78, 5) is 58.8. The lowest BCUT2D eigenvalue weighted by molar-refractivity contribution is -0.385. The van der Waals surface area contributed by atoms with Gasteiger partial charge in [0, 0.05) is 24.4 Å². The number of nitro benzene ring substituents is 1. The molecular weight excluding hydrogens is 358 g/mol. The fourth-order valence-electron chi connectivity index (χ4n) is 2.73. The first-order valence-corrected chi connectivity index (χ1v) is 7.49. The third-order valence-corrected chi connectivity index (χ3v) is 4.03. The van der Waals surface area contributed by atoms with E-state index in [1.54, 1.807) is 0 Å². The number of carbonyl (C=O) groups is 4. The van der Waals surface area contributed by atoms with Gasteiger partial charge < -0.3 is 15.2 Å². The quantitative estimate of drug-likeness (QED) is 0.467. The minimum Gasteiger partial charge on any atom is -0.545 e. The van der Waals surface area contributed by atoms with E-state index in [1.165, 1.54) is 25.2 Å². The summed E-state index contributed by atoms with van der Waals surface area (Å²) >= 11 is 0. The van der Waals surface area contributed by atoms with Crippen LogP contribution in [0.2, 0.25) is 0 Å². The van der Waals surface area contributed by atoms with Gasteiger partial charge in [0.15, 0.2) is 0 Å². The van der Waals surface area contributed by atoms with E-state index in [0.717, 1.165) is 23.1 Å². The van der Waals surface area contributed by atoms with Crippen LogP contribution in [0.15, 0.2) is 36.4 Å². The Labute approximate surface area is 151 Å². The summed E-state index contributed by atoms with van der Waals surface area (Å²) in [5, 5.41) is 24.7. The van der Waals surface area contributed by atoms with Gasteiger partial charge in [0.2, 0.25) is 0 Å². The standard InChI is InChI=1S/C17H11N3O7/c1-19-15(22)9-6-5-8(7-11(9)16(19)23)18-14(21)13-10(17(24)25)3-2-4-12(13)20(26)27/h2-7H,1H3,(H,18,21)(H,24,25)/p-1. The summed E-state index contributed by atoms with van der Waals surface area (Å²) in [6.07, 6.45) is 0. The second kappa shape index (κ2) is 6.33. The highest BCUT2D eigenvalue weighted by Gasteiger charge is 2.33. The zero-order chi connectivity index (χ0) is 19.9. The van der Waals surface area contributed by atoms with Crippen LogP contribution in [0.4, 0.5) is 11.4 Å². The van der Waals surface area contributed by atoms with Crippen molar-refractivity contribution >= 4 is 35.1 Å². The fraction of sp³-hybridized carbons (Fsp3) is 0.0588. The molecule has 1 heterocycles. The van der Waals surface area contributed by atoms with Crippen molar-refractivity contribution in [3.63, 3.8) is 0 Å². The predicted molar refractivity (Wildman–Crippen MR) is 88.2 cm³/mol. The summed E-state index contributed by atoms with van der Waals surface area (Å²) in [5.74, 6) is -3.87. The van der Waals surface area contributed by atoms with Crippen LogP contribution in [-0.4, -0.2) is 40.6 Å². The Balaban J connectivity index is 2.01. The smallest absolute Gasteiger partial charge is 0.282 e. The highest BCUT2D eigenvalue weighted by molar-refractivity contribution is 6.22. The Kier molecular flexibility index (Phi) is 4.16. The molecule has 3 amide bonds. The Morgan fingerprint density at radius 3 is 2.37 bits per heavy atom. The molecule has 0 radical (unpaired) electrons. The molecule has 136 valence electrons. The third-order valence-electron chi connectivity index (χ3n) is 4.03. The largest absolute Gasteiger partial charge is 0.545 e. The summed E-state index contributed by atoms with van der Waals surface area (Å²) < 4.78 is 0. The van der Waals surface area contributed by atoms with Gasteiger partial charge in [0.1, 0.15) is 5.56 Å². The van der Waals surface area contributed by atoms with Crippen molar-refractivity contribution < 1.29 is 29.2 Å². The lowest BCUT2D eigenvalue weighted by Crippen LogP contribution is -2.27. The van der Waals surface area contributed by atoms with E-state index < -0.39 is 45.4 Å². The molecule has 0 aromatic heterocycles. The number of carbonyl (C=O) groups excluding carboxylic acids is 4. The first kappa shape index (κ1) is 17.7. The van der Waals surface area contributed by atoms with Gasteiger partial charge in [-0.1, -0.05) is 12.1 Å². The molecule has 0 aliphatic carbocycles. The average Bonchev–Trinajstić information content (AvgIpc) is 2.85. The molecule has 0 fully saturated rings. The third kappa shape index (κ3) is 2.88. The first-order chi connectivity index (χ1) is 12.7. The predicted octanol–water partition coefficient (Wildman–Crippen LogP) is 0.436. The van der Waals surface area contributed by atoms with Crippen molar-refractivity contribution in [2.75, 3.05) is 12.4 Å². The zero-order valence-electron chi connectivity index (χ0n) is 13.7. The molecule has 3 rings (SSSR count). The van der Waals surface area contributed by atoms with E-state index in [-0.39, 0.29) is 16.8 Å². The maximum atomic E-state index is 12.5. The number of imide groups is 1.